The molecule has 14 heavy (non-hydrogen) atoms. The van der Waals surface area contributed by atoms with Crippen molar-refractivity contribution in [2.75, 3.05) is 0 Å². The lowest BCUT2D eigenvalue weighted by molar-refractivity contribution is 0.0702. The van der Waals surface area contributed by atoms with E-state index in [0.29, 0.717) is 10.7 Å². The van der Waals surface area contributed by atoms with Gasteiger partial charge in [0, 0.05) is 7.05 Å². The van der Waals surface area contributed by atoms with Gasteiger partial charge < -0.3 is 5.11 Å². The van der Waals surface area contributed by atoms with E-state index in [0.717, 1.165) is 11.3 Å². The molecule has 0 bridgehead atoms. The molecule has 2 rings (SSSR count). The maximum Gasteiger partial charge on any atom is 0.347 e. The van der Waals surface area contributed by atoms with E-state index < -0.39 is 5.97 Å². The number of hydrogen-bond acceptors (Lipinski definition) is 5. The standard InChI is InChI=1S/C7H6N4O2S/c1-11-9-2-4(10-11)6-8-3-5(14-6)7(12)13/h2-3H,1H3,(H,12,13). The Morgan fingerprint density at radius 2 is 2.36 bits per heavy atom. The molecule has 0 aromatic carbocycles. The first kappa shape index (κ1) is 8.82. The zero-order valence-corrected chi connectivity index (χ0v) is 8.02. The average molecular weight is 210 g/mol. The van der Waals surface area contributed by atoms with E-state index in [4.69, 9.17) is 5.11 Å². The summed E-state index contributed by atoms with van der Waals surface area (Å²) in [6.07, 6.45) is 2.86. The third kappa shape index (κ3) is 1.49. The summed E-state index contributed by atoms with van der Waals surface area (Å²) in [5, 5.41) is 17.1. The monoisotopic (exact) mass is 210 g/mol. The van der Waals surface area contributed by atoms with Crippen molar-refractivity contribution in [2.45, 2.75) is 0 Å². The first-order valence-corrected chi connectivity index (χ1v) is 4.54. The predicted octanol–water partition coefficient (Wildman–Crippen LogP) is 0.637. The minimum atomic E-state index is -0.974. The molecule has 1 N–H and O–H groups in total. The molecule has 0 aliphatic heterocycles. The summed E-state index contributed by atoms with van der Waals surface area (Å²) >= 11 is 1.08. The fraction of sp³-hybridized carbons (Fsp3) is 0.143. The van der Waals surface area contributed by atoms with Crippen molar-refractivity contribution in [3.63, 3.8) is 0 Å². The number of carboxylic acids is 1. The van der Waals surface area contributed by atoms with E-state index in [9.17, 15) is 4.79 Å². The van der Waals surface area contributed by atoms with Crippen LogP contribution in [-0.2, 0) is 7.05 Å². The molecule has 0 atom stereocenters. The lowest BCUT2D eigenvalue weighted by Gasteiger charge is -1.84. The van der Waals surface area contributed by atoms with Crippen LogP contribution in [-0.4, -0.2) is 31.1 Å². The van der Waals surface area contributed by atoms with Crippen molar-refractivity contribution in [3.8, 4) is 10.7 Å². The Balaban J connectivity index is 2.38. The lowest BCUT2D eigenvalue weighted by atomic mass is 10.5. The third-order valence-electron chi connectivity index (χ3n) is 1.54. The van der Waals surface area contributed by atoms with Crippen molar-refractivity contribution in [1.82, 2.24) is 20.0 Å². The molecule has 0 aliphatic rings. The van der Waals surface area contributed by atoms with E-state index in [2.05, 4.69) is 15.2 Å². The van der Waals surface area contributed by atoms with Crippen LogP contribution in [0.2, 0.25) is 0 Å². The number of aromatic nitrogens is 4. The predicted molar refractivity (Wildman–Crippen MR) is 49.1 cm³/mol. The van der Waals surface area contributed by atoms with Crippen LogP contribution < -0.4 is 0 Å². The zero-order valence-electron chi connectivity index (χ0n) is 7.21. The van der Waals surface area contributed by atoms with E-state index >= 15 is 0 Å². The highest BCUT2D eigenvalue weighted by Gasteiger charge is 2.11. The van der Waals surface area contributed by atoms with E-state index in [1.165, 1.54) is 11.0 Å². The Morgan fingerprint density at radius 3 is 2.86 bits per heavy atom. The molecule has 7 heteroatoms. The summed E-state index contributed by atoms with van der Waals surface area (Å²) < 4.78 is 0. The van der Waals surface area contributed by atoms with Crippen LogP contribution in [0, 0.1) is 0 Å². The number of aryl methyl sites for hydroxylation is 1. The van der Waals surface area contributed by atoms with E-state index in [-0.39, 0.29) is 4.88 Å². The molecule has 2 aromatic heterocycles. The molecule has 0 amide bonds. The molecule has 0 radical (unpaired) electrons. The van der Waals surface area contributed by atoms with Crippen LogP contribution in [0.4, 0.5) is 0 Å². The fourth-order valence-electron chi connectivity index (χ4n) is 0.935. The topological polar surface area (TPSA) is 80.9 Å². The van der Waals surface area contributed by atoms with Crippen LogP contribution >= 0.6 is 11.3 Å². The van der Waals surface area contributed by atoms with Gasteiger partial charge in [0.15, 0.2) is 0 Å². The highest BCUT2D eigenvalue weighted by molar-refractivity contribution is 7.16. The largest absolute Gasteiger partial charge is 0.477 e. The Kier molecular flexibility index (Phi) is 2.01. The molecule has 6 nitrogen and oxygen atoms in total. The van der Waals surface area contributed by atoms with Crippen molar-refractivity contribution in [1.29, 1.82) is 0 Å². The molecule has 0 saturated carbocycles. The van der Waals surface area contributed by atoms with E-state index in [1.54, 1.807) is 13.2 Å². The number of aromatic carboxylic acids is 1. The lowest BCUT2D eigenvalue weighted by Crippen LogP contribution is -1.91. The average Bonchev–Trinajstić information content (AvgIpc) is 2.70. The normalized spacial score (nSPS) is 10.4. The van der Waals surface area contributed by atoms with Crippen LogP contribution in [0.1, 0.15) is 9.67 Å². The van der Waals surface area contributed by atoms with Crippen LogP contribution in [0.5, 0.6) is 0 Å². The minimum Gasteiger partial charge on any atom is -0.477 e. The Bertz CT molecular complexity index is 475. The van der Waals surface area contributed by atoms with Gasteiger partial charge in [0.1, 0.15) is 15.6 Å². The number of hydrogen-bond donors (Lipinski definition) is 1. The van der Waals surface area contributed by atoms with Crippen LogP contribution in [0.3, 0.4) is 0 Å². The fourth-order valence-corrected chi connectivity index (χ4v) is 1.64. The zero-order chi connectivity index (χ0) is 10.1. The molecule has 0 saturated heterocycles. The highest BCUT2D eigenvalue weighted by atomic mass is 32.1. The van der Waals surface area contributed by atoms with Crippen molar-refractivity contribution >= 4 is 17.3 Å². The SMILES string of the molecule is Cn1ncc(-c2ncc(C(=O)O)s2)n1. The van der Waals surface area contributed by atoms with Crippen molar-refractivity contribution in [3.05, 3.63) is 17.3 Å². The van der Waals surface area contributed by atoms with Gasteiger partial charge in [0.2, 0.25) is 0 Å². The van der Waals surface area contributed by atoms with Gasteiger partial charge in [-0.3, -0.25) is 0 Å². The van der Waals surface area contributed by atoms with Gasteiger partial charge in [-0.05, 0) is 0 Å². The van der Waals surface area contributed by atoms with E-state index in [1.807, 2.05) is 0 Å². The number of thiazole rings is 1. The second-order valence-electron chi connectivity index (χ2n) is 2.55. The Hall–Kier alpha value is -1.76. The van der Waals surface area contributed by atoms with Gasteiger partial charge in [0.25, 0.3) is 0 Å². The smallest absolute Gasteiger partial charge is 0.347 e. The van der Waals surface area contributed by atoms with Gasteiger partial charge >= 0.3 is 5.97 Å². The summed E-state index contributed by atoms with van der Waals surface area (Å²) in [5.74, 6) is -0.974. The quantitative estimate of drug-likeness (QED) is 0.786. The second-order valence-corrected chi connectivity index (χ2v) is 3.58. The first-order valence-electron chi connectivity index (χ1n) is 3.72. The Morgan fingerprint density at radius 1 is 1.57 bits per heavy atom. The molecule has 72 valence electrons. The molecule has 0 aliphatic carbocycles. The summed E-state index contributed by atoms with van der Waals surface area (Å²) in [5.41, 5.74) is 0.588. The summed E-state index contributed by atoms with van der Waals surface area (Å²) in [7, 11) is 1.69. The van der Waals surface area contributed by atoms with Gasteiger partial charge in [-0.15, -0.1) is 11.3 Å². The highest BCUT2D eigenvalue weighted by Crippen LogP contribution is 2.22. The molecular weight excluding hydrogens is 204 g/mol. The van der Waals surface area contributed by atoms with Gasteiger partial charge in [-0.1, -0.05) is 0 Å². The number of nitrogens with zero attached hydrogens (tertiary/aromatic N) is 4. The van der Waals surface area contributed by atoms with Gasteiger partial charge in [-0.2, -0.15) is 15.0 Å². The molecule has 0 spiro atoms. The maximum absolute atomic E-state index is 10.6. The number of rotatable bonds is 2. The maximum atomic E-state index is 10.6. The van der Waals surface area contributed by atoms with Crippen molar-refractivity contribution in [2.24, 2.45) is 7.05 Å². The summed E-state index contributed by atoms with van der Waals surface area (Å²) in [4.78, 5) is 16.1. The minimum absolute atomic E-state index is 0.200. The van der Waals surface area contributed by atoms with Crippen LogP contribution in [0.15, 0.2) is 12.4 Å². The molecule has 0 unspecified atom stereocenters. The van der Waals surface area contributed by atoms with Crippen molar-refractivity contribution < 1.29 is 9.90 Å². The number of carbonyl (C=O) groups is 1. The third-order valence-corrected chi connectivity index (χ3v) is 2.54. The van der Waals surface area contributed by atoms with Gasteiger partial charge in [0.05, 0.1) is 12.4 Å². The summed E-state index contributed by atoms with van der Waals surface area (Å²) in [6.45, 7) is 0. The molecular formula is C7H6N4O2S. The molecule has 2 heterocycles. The van der Waals surface area contributed by atoms with Crippen LogP contribution in [0.25, 0.3) is 10.7 Å². The Labute approximate surface area is 82.8 Å². The summed E-state index contributed by atoms with van der Waals surface area (Å²) in [6, 6.07) is 0. The molecule has 0 fully saturated rings. The number of carboxylic acid groups (broad SMARTS) is 1. The second kappa shape index (κ2) is 3.18. The first-order chi connectivity index (χ1) is 6.66. The molecule has 2 aromatic rings. The van der Waals surface area contributed by atoms with Gasteiger partial charge in [-0.25, -0.2) is 9.78 Å².